The molecule has 3 unspecified atom stereocenters. The van der Waals surface area contributed by atoms with E-state index in [0.717, 1.165) is 43.7 Å². The lowest BCUT2D eigenvalue weighted by Crippen LogP contribution is -2.60. The van der Waals surface area contributed by atoms with Crippen molar-refractivity contribution < 1.29 is 18.7 Å². The fraction of sp³-hybridized carbons (Fsp3) is 0.739. The molecule has 35 heavy (non-hydrogen) atoms. The molecule has 1 saturated carbocycles. The summed E-state index contributed by atoms with van der Waals surface area (Å²) in [4.78, 5) is 24.1. The summed E-state index contributed by atoms with van der Waals surface area (Å²) >= 11 is 0. The van der Waals surface area contributed by atoms with E-state index < -0.39 is 11.8 Å². The number of hydrogen-bond acceptors (Lipinski definition) is 9. The first-order valence-corrected chi connectivity index (χ1v) is 12.6. The van der Waals surface area contributed by atoms with Crippen LogP contribution in [-0.4, -0.2) is 87.9 Å². The molecule has 2 aromatic rings. The van der Waals surface area contributed by atoms with Crippen molar-refractivity contribution in [3.8, 4) is 0 Å². The molecule has 4 fully saturated rings. The molecule has 190 valence electrons. The van der Waals surface area contributed by atoms with E-state index in [0.29, 0.717) is 36.3 Å². The van der Waals surface area contributed by atoms with Crippen molar-refractivity contribution in [2.24, 2.45) is 11.8 Å². The normalized spacial score (nSPS) is 29.1. The molecule has 0 aromatic carbocycles. The van der Waals surface area contributed by atoms with Gasteiger partial charge in [0.25, 0.3) is 0 Å². The largest absolute Gasteiger partial charge is 0.446 e. The number of fused-ring (bicyclic) bond motifs is 2. The zero-order valence-corrected chi connectivity index (χ0v) is 20.2. The average molecular weight is 489 g/mol. The summed E-state index contributed by atoms with van der Waals surface area (Å²) in [5.74, 6) is 2.32. The fourth-order valence-corrected chi connectivity index (χ4v) is 5.28. The van der Waals surface area contributed by atoms with Crippen LogP contribution in [0.1, 0.15) is 44.6 Å². The van der Waals surface area contributed by atoms with E-state index in [2.05, 4.69) is 34.9 Å². The summed E-state index contributed by atoms with van der Waals surface area (Å²) in [5, 5.41) is 14.3. The summed E-state index contributed by atoms with van der Waals surface area (Å²) in [6.45, 7) is 6.48. The number of aromatic nitrogens is 4. The number of likely N-dealkylation sites (tertiary alicyclic amines) is 1. The standard InChI is InChI=1S/C23H33FN8O3/c1-13(2)14-7-26-32-19(14)29-20(28-18-15-8-34-9-16(15)18)30-21(32)27-17-5-3-4-6-31(17)22(33)35-12-23(24)10-25-11-23/h7,13,15-18,25H,3-6,8-12H2,1-2H3,(H2,27,28,29,30). The predicted octanol–water partition coefficient (Wildman–Crippen LogP) is 1.98. The number of nitrogens with one attached hydrogen (secondary N) is 3. The molecule has 3 N–H and O–H groups in total. The van der Waals surface area contributed by atoms with Gasteiger partial charge < -0.3 is 25.4 Å². The van der Waals surface area contributed by atoms with Crippen LogP contribution in [0.3, 0.4) is 0 Å². The summed E-state index contributed by atoms with van der Waals surface area (Å²) in [7, 11) is 0. The Balaban J connectivity index is 1.24. The third kappa shape index (κ3) is 4.26. The van der Waals surface area contributed by atoms with Crippen molar-refractivity contribution in [3.63, 3.8) is 0 Å². The second-order valence-corrected chi connectivity index (χ2v) is 10.6. The minimum atomic E-state index is -1.47. The molecule has 0 bridgehead atoms. The zero-order valence-electron chi connectivity index (χ0n) is 20.2. The molecule has 3 atom stereocenters. The number of ether oxygens (including phenoxy) is 2. The molecule has 3 saturated heterocycles. The lowest BCUT2D eigenvalue weighted by atomic mass is 10.0. The molecule has 1 aliphatic carbocycles. The maximum atomic E-state index is 14.3. The summed E-state index contributed by atoms with van der Waals surface area (Å²) in [6.07, 6.45) is 3.53. The maximum absolute atomic E-state index is 14.3. The quantitative estimate of drug-likeness (QED) is 0.538. The summed E-state index contributed by atoms with van der Waals surface area (Å²) in [6, 6.07) is 0.319. The van der Waals surface area contributed by atoms with E-state index in [-0.39, 0.29) is 31.8 Å². The van der Waals surface area contributed by atoms with Crippen molar-refractivity contribution in [1.82, 2.24) is 29.8 Å². The van der Waals surface area contributed by atoms with Gasteiger partial charge in [-0.1, -0.05) is 13.8 Å². The van der Waals surface area contributed by atoms with Gasteiger partial charge in [-0.2, -0.15) is 19.6 Å². The molecule has 2 aromatic heterocycles. The number of rotatable bonds is 7. The molecular formula is C23H33FN8O3. The molecule has 3 aliphatic heterocycles. The second-order valence-electron chi connectivity index (χ2n) is 10.6. The Morgan fingerprint density at radius 3 is 2.80 bits per heavy atom. The van der Waals surface area contributed by atoms with E-state index in [1.165, 1.54) is 0 Å². The van der Waals surface area contributed by atoms with Crippen LogP contribution < -0.4 is 16.0 Å². The molecule has 12 heteroatoms. The Hall–Kier alpha value is -2.73. The second kappa shape index (κ2) is 8.74. The van der Waals surface area contributed by atoms with Gasteiger partial charge in [0.15, 0.2) is 11.3 Å². The fourth-order valence-electron chi connectivity index (χ4n) is 5.28. The van der Waals surface area contributed by atoms with Crippen LogP contribution in [0.2, 0.25) is 0 Å². The van der Waals surface area contributed by atoms with E-state index in [4.69, 9.17) is 19.4 Å². The average Bonchev–Trinajstić information content (AvgIpc) is 3.19. The van der Waals surface area contributed by atoms with Gasteiger partial charge in [-0.15, -0.1) is 0 Å². The number of nitrogens with zero attached hydrogens (tertiary/aromatic N) is 5. The molecular weight excluding hydrogens is 455 g/mol. The number of amides is 1. The Morgan fingerprint density at radius 1 is 1.29 bits per heavy atom. The van der Waals surface area contributed by atoms with Crippen molar-refractivity contribution in [1.29, 1.82) is 0 Å². The van der Waals surface area contributed by atoms with Crippen molar-refractivity contribution in [3.05, 3.63) is 11.8 Å². The van der Waals surface area contributed by atoms with Crippen LogP contribution in [0.15, 0.2) is 6.20 Å². The highest BCUT2D eigenvalue weighted by molar-refractivity contribution is 5.69. The van der Waals surface area contributed by atoms with Gasteiger partial charge in [0.2, 0.25) is 11.9 Å². The van der Waals surface area contributed by atoms with Crippen molar-refractivity contribution in [2.45, 2.75) is 56.9 Å². The van der Waals surface area contributed by atoms with E-state index in [9.17, 15) is 9.18 Å². The van der Waals surface area contributed by atoms with Gasteiger partial charge in [0.05, 0.1) is 19.4 Å². The number of halogens is 1. The minimum absolute atomic E-state index is 0.211. The number of alkyl halides is 1. The van der Waals surface area contributed by atoms with Crippen molar-refractivity contribution in [2.75, 3.05) is 50.1 Å². The zero-order chi connectivity index (χ0) is 24.2. The smallest absolute Gasteiger partial charge is 0.411 e. The van der Waals surface area contributed by atoms with Gasteiger partial charge in [0, 0.05) is 43.1 Å². The molecule has 5 heterocycles. The van der Waals surface area contributed by atoms with Gasteiger partial charge in [-0.05, 0) is 25.2 Å². The van der Waals surface area contributed by atoms with Gasteiger partial charge in [0.1, 0.15) is 12.8 Å². The van der Waals surface area contributed by atoms with Crippen molar-refractivity contribution >= 4 is 23.6 Å². The highest BCUT2D eigenvalue weighted by Gasteiger charge is 2.54. The highest BCUT2D eigenvalue weighted by Crippen LogP contribution is 2.45. The third-order valence-electron chi connectivity index (χ3n) is 7.64. The van der Waals surface area contributed by atoms with E-state index >= 15 is 0 Å². The van der Waals surface area contributed by atoms with Crippen LogP contribution in [0.5, 0.6) is 0 Å². The molecule has 6 rings (SSSR count). The lowest BCUT2D eigenvalue weighted by molar-refractivity contribution is -0.00545. The molecule has 4 aliphatic rings. The van der Waals surface area contributed by atoms with E-state index in [1.54, 1.807) is 9.42 Å². The first-order valence-electron chi connectivity index (χ1n) is 12.6. The van der Waals surface area contributed by atoms with Crippen LogP contribution in [0, 0.1) is 11.8 Å². The minimum Gasteiger partial charge on any atom is -0.446 e. The van der Waals surface area contributed by atoms with Crippen LogP contribution >= 0.6 is 0 Å². The van der Waals surface area contributed by atoms with Gasteiger partial charge in [-0.25, -0.2) is 9.18 Å². The Kier molecular flexibility index (Phi) is 5.67. The Labute approximate surface area is 203 Å². The summed E-state index contributed by atoms with van der Waals surface area (Å²) < 4.78 is 26.9. The molecule has 0 spiro atoms. The molecule has 1 amide bonds. The van der Waals surface area contributed by atoms with E-state index in [1.807, 2.05) is 6.20 Å². The maximum Gasteiger partial charge on any atom is 0.411 e. The van der Waals surface area contributed by atoms with Crippen LogP contribution in [0.4, 0.5) is 21.1 Å². The number of carbonyl (C=O) groups is 1. The van der Waals surface area contributed by atoms with Gasteiger partial charge >= 0.3 is 6.09 Å². The topological polar surface area (TPSA) is 118 Å². The number of anilines is 2. The Morgan fingerprint density at radius 2 is 2.09 bits per heavy atom. The first-order chi connectivity index (χ1) is 16.9. The molecule has 11 nitrogen and oxygen atoms in total. The highest BCUT2D eigenvalue weighted by atomic mass is 19.1. The SMILES string of the molecule is CC(C)c1cnn2c(NC3CCCCN3C(=O)OCC3(F)CNC3)nc(NC3C4COCC43)nc12. The first kappa shape index (κ1) is 22.7. The number of carbonyl (C=O) groups excluding carboxylic acids is 1. The summed E-state index contributed by atoms with van der Waals surface area (Å²) in [5.41, 5.74) is 0.298. The predicted molar refractivity (Wildman–Crippen MR) is 126 cm³/mol. The van der Waals surface area contributed by atoms with Crippen LogP contribution in [-0.2, 0) is 9.47 Å². The molecule has 0 radical (unpaired) electrons. The van der Waals surface area contributed by atoms with Gasteiger partial charge in [-0.3, -0.25) is 4.90 Å². The lowest BCUT2D eigenvalue weighted by Gasteiger charge is -2.38. The third-order valence-corrected chi connectivity index (χ3v) is 7.64. The number of hydrogen-bond donors (Lipinski definition) is 3. The van der Waals surface area contributed by atoms with Crippen LogP contribution in [0.25, 0.3) is 5.65 Å². The monoisotopic (exact) mass is 488 g/mol. The Bertz CT molecular complexity index is 1100. The number of piperidine rings is 1.